The fraction of sp³-hybridized carbons (Fsp3) is 0.700. The molecular formula is C20H35IN4O2. The lowest BCUT2D eigenvalue weighted by Gasteiger charge is -2.20. The summed E-state index contributed by atoms with van der Waals surface area (Å²) in [5.74, 6) is 2.12. The molecule has 2 N–H and O–H groups in total. The minimum atomic E-state index is 0. The summed E-state index contributed by atoms with van der Waals surface area (Å²) in [5, 5.41) is 6.81. The van der Waals surface area contributed by atoms with Gasteiger partial charge in [0.25, 0.3) is 0 Å². The fourth-order valence-electron chi connectivity index (χ4n) is 2.97. The molecule has 154 valence electrons. The van der Waals surface area contributed by atoms with Crippen LogP contribution in [0.25, 0.3) is 0 Å². The van der Waals surface area contributed by atoms with Crippen LogP contribution in [0.3, 0.4) is 0 Å². The van der Waals surface area contributed by atoms with Crippen molar-refractivity contribution >= 4 is 35.8 Å². The van der Waals surface area contributed by atoms with Gasteiger partial charge in [0.1, 0.15) is 5.76 Å². The third kappa shape index (κ3) is 9.48. The number of nitrogens with one attached hydrogen (secondary N) is 2. The number of carbonyl (C=O) groups excluding carboxylic acids is 1. The molecule has 0 radical (unpaired) electrons. The van der Waals surface area contributed by atoms with Crippen molar-refractivity contribution in [2.24, 2.45) is 4.99 Å². The minimum absolute atomic E-state index is 0. The normalized spacial score (nSPS) is 16.4. The van der Waals surface area contributed by atoms with Crippen LogP contribution in [-0.2, 0) is 11.2 Å². The molecule has 1 aromatic heterocycles. The highest BCUT2D eigenvalue weighted by atomic mass is 127. The lowest BCUT2D eigenvalue weighted by atomic mass is 10.2. The number of likely N-dealkylation sites (tertiary alicyclic amines) is 1. The maximum absolute atomic E-state index is 12.0. The van der Waals surface area contributed by atoms with E-state index >= 15 is 0 Å². The Morgan fingerprint density at radius 2 is 2.22 bits per heavy atom. The summed E-state index contributed by atoms with van der Waals surface area (Å²) in [6, 6.07) is 4.27. The highest BCUT2D eigenvalue weighted by Crippen LogP contribution is 2.11. The number of amides is 1. The van der Waals surface area contributed by atoms with Crippen molar-refractivity contribution in [3.63, 3.8) is 0 Å². The van der Waals surface area contributed by atoms with Crippen molar-refractivity contribution in [1.29, 1.82) is 0 Å². The van der Waals surface area contributed by atoms with E-state index in [0.29, 0.717) is 18.4 Å². The van der Waals surface area contributed by atoms with Crippen LogP contribution in [0.4, 0.5) is 0 Å². The van der Waals surface area contributed by atoms with Gasteiger partial charge < -0.3 is 20.0 Å². The second-order valence-corrected chi connectivity index (χ2v) is 6.99. The molecule has 0 aromatic carbocycles. The second kappa shape index (κ2) is 13.8. The smallest absolute Gasteiger partial charge is 0.222 e. The van der Waals surface area contributed by atoms with Crippen LogP contribution in [0.2, 0.25) is 0 Å². The number of halogens is 1. The Kier molecular flexibility index (Phi) is 12.2. The number of furan rings is 1. The predicted octanol–water partition coefficient (Wildman–Crippen LogP) is 3.57. The van der Waals surface area contributed by atoms with Gasteiger partial charge in [-0.25, -0.2) is 0 Å². The average molecular weight is 490 g/mol. The fourth-order valence-corrected chi connectivity index (χ4v) is 2.97. The first-order valence-electron chi connectivity index (χ1n) is 10.0. The summed E-state index contributed by atoms with van der Waals surface area (Å²) in [6.45, 7) is 7.52. The molecule has 1 unspecified atom stereocenters. The predicted molar refractivity (Wildman–Crippen MR) is 121 cm³/mol. The maximum Gasteiger partial charge on any atom is 0.222 e. The molecular weight excluding hydrogens is 455 g/mol. The molecule has 1 saturated heterocycles. The number of hydrogen-bond donors (Lipinski definition) is 2. The SMILES string of the molecule is CCC(C)NC(=NCCCN1CCCCCC1=O)NCCc1ccco1.I. The van der Waals surface area contributed by atoms with Crippen LogP contribution in [-0.4, -0.2) is 49.0 Å². The first-order chi connectivity index (χ1) is 12.7. The van der Waals surface area contributed by atoms with Gasteiger partial charge in [0.15, 0.2) is 5.96 Å². The van der Waals surface area contributed by atoms with Gasteiger partial charge in [-0.1, -0.05) is 13.3 Å². The Labute approximate surface area is 180 Å². The van der Waals surface area contributed by atoms with Crippen molar-refractivity contribution in [2.45, 2.75) is 64.8 Å². The zero-order chi connectivity index (χ0) is 18.6. The minimum Gasteiger partial charge on any atom is -0.469 e. The van der Waals surface area contributed by atoms with Crippen molar-refractivity contribution < 1.29 is 9.21 Å². The lowest BCUT2D eigenvalue weighted by Crippen LogP contribution is -2.43. The molecule has 1 aliphatic heterocycles. The zero-order valence-corrected chi connectivity index (χ0v) is 19.0. The van der Waals surface area contributed by atoms with E-state index in [4.69, 9.17) is 4.42 Å². The molecule has 27 heavy (non-hydrogen) atoms. The molecule has 1 aromatic rings. The molecule has 2 rings (SSSR count). The van der Waals surface area contributed by atoms with Crippen molar-refractivity contribution in [3.05, 3.63) is 24.2 Å². The summed E-state index contributed by atoms with van der Waals surface area (Å²) in [6.07, 6.45) is 8.52. The number of guanidine groups is 1. The number of aliphatic imine (C=N–C) groups is 1. The average Bonchev–Trinajstić information content (AvgIpc) is 3.07. The number of hydrogen-bond acceptors (Lipinski definition) is 3. The van der Waals surface area contributed by atoms with E-state index in [9.17, 15) is 4.79 Å². The number of carbonyl (C=O) groups is 1. The molecule has 1 amide bonds. The van der Waals surface area contributed by atoms with Gasteiger partial charge in [-0.3, -0.25) is 9.79 Å². The monoisotopic (exact) mass is 490 g/mol. The van der Waals surface area contributed by atoms with E-state index in [1.807, 2.05) is 17.0 Å². The van der Waals surface area contributed by atoms with Gasteiger partial charge in [0.05, 0.1) is 6.26 Å². The van der Waals surface area contributed by atoms with E-state index in [1.54, 1.807) is 6.26 Å². The Bertz CT molecular complexity index is 548. The summed E-state index contributed by atoms with van der Waals surface area (Å²) >= 11 is 0. The molecule has 0 saturated carbocycles. The first-order valence-corrected chi connectivity index (χ1v) is 10.0. The van der Waals surface area contributed by atoms with E-state index < -0.39 is 0 Å². The van der Waals surface area contributed by atoms with E-state index in [0.717, 1.165) is 70.0 Å². The molecule has 6 nitrogen and oxygen atoms in total. The standard InChI is InChI=1S/C20H34N4O2.HI/c1-3-17(2)23-20(22-13-11-18-9-7-16-26-18)21-12-8-15-24-14-6-4-5-10-19(24)25;/h7,9,16-17H,3-6,8,10-15H2,1-2H3,(H2,21,22,23);1H. The van der Waals surface area contributed by atoms with Crippen molar-refractivity contribution in [3.8, 4) is 0 Å². The Morgan fingerprint density at radius 1 is 1.37 bits per heavy atom. The third-order valence-electron chi connectivity index (χ3n) is 4.77. The largest absolute Gasteiger partial charge is 0.469 e. The van der Waals surface area contributed by atoms with E-state index in [1.165, 1.54) is 6.42 Å². The summed E-state index contributed by atoms with van der Waals surface area (Å²) in [7, 11) is 0. The van der Waals surface area contributed by atoms with E-state index in [-0.39, 0.29) is 24.0 Å². The van der Waals surface area contributed by atoms with Crippen LogP contribution < -0.4 is 10.6 Å². The zero-order valence-electron chi connectivity index (χ0n) is 16.7. The van der Waals surface area contributed by atoms with Gasteiger partial charge in [0, 0.05) is 45.1 Å². The Hall–Kier alpha value is -1.25. The van der Waals surface area contributed by atoms with Gasteiger partial charge in [-0.2, -0.15) is 0 Å². The molecule has 2 heterocycles. The van der Waals surface area contributed by atoms with Crippen LogP contribution in [0.15, 0.2) is 27.8 Å². The molecule has 0 bridgehead atoms. The maximum atomic E-state index is 12.0. The third-order valence-corrected chi connectivity index (χ3v) is 4.77. The first kappa shape index (κ1) is 23.8. The van der Waals surface area contributed by atoms with Crippen molar-refractivity contribution in [2.75, 3.05) is 26.2 Å². The molecule has 1 aliphatic rings. The van der Waals surface area contributed by atoms with Crippen LogP contribution in [0.1, 0.15) is 58.1 Å². The highest BCUT2D eigenvalue weighted by Gasteiger charge is 2.15. The quantitative estimate of drug-likeness (QED) is 0.240. The van der Waals surface area contributed by atoms with Crippen LogP contribution in [0.5, 0.6) is 0 Å². The molecule has 1 atom stereocenters. The molecule has 1 fully saturated rings. The van der Waals surface area contributed by atoms with Gasteiger partial charge in [-0.15, -0.1) is 24.0 Å². The Balaban J connectivity index is 0.00000364. The highest BCUT2D eigenvalue weighted by molar-refractivity contribution is 14.0. The van der Waals surface area contributed by atoms with Crippen LogP contribution >= 0.6 is 24.0 Å². The topological polar surface area (TPSA) is 69.9 Å². The molecule has 7 heteroatoms. The lowest BCUT2D eigenvalue weighted by molar-refractivity contribution is -0.130. The second-order valence-electron chi connectivity index (χ2n) is 6.99. The number of rotatable bonds is 9. The summed E-state index contributed by atoms with van der Waals surface area (Å²) in [4.78, 5) is 18.7. The summed E-state index contributed by atoms with van der Waals surface area (Å²) in [5.41, 5.74) is 0. The van der Waals surface area contributed by atoms with Crippen LogP contribution in [0, 0.1) is 0 Å². The van der Waals surface area contributed by atoms with E-state index in [2.05, 4.69) is 29.5 Å². The van der Waals surface area contributed by atoms with Gasteiger partial charge >= 0.3 is 0 Å². The molecule has 0 spiro atoms. The van der Waals surface area contributed by atoms with Gasteiger partial charge in [0.2, 0.25) is 5.91 Å². The number of nitrogens with zero attached hydrogens (tertiary/aromatic N) is 2. The Morgan fingerprint density at radius 3 is 2.96 bits per heavy atom. The van der Waals surface area contributed by atoms with Crippen molar-refractivity contribution in [1.82, 2.24) is 15.5 Å². The van der Waals surface area contributed by atoms with Gasteiger partial charge in [-0.05, 0) is 44.7 Å². The summed E-state index contributed by atoms with van der Waals surface area (Å²) < 4.78 is 5.37. The molecule has 0 aliphatic carbocycles.